The fourth-order valence-corrected chi connectivity index (χ4v) is 2.65. The molecule has 0 aliphatic rings. The Morgan fingerprint density at radius 3 is 2.35 bits per heavy atom. The lowest BCUT2D eigenvalue weighted by atomic mass is 10.1. The predicted octanol–water partition coefficient (Wildman–Crippen LogP) is 4.24. The molecule has 0 bridgehead atoms. The predicted molar refractivity (Wildman–Crippen MR) is 74.0 cm³/mol. The highest BCUT2D eigenvalue weighted by molar-refractivity contribution is 8.00. The molecule has 96 valence electrons. The van der Waals surface area contributed by atoms with Crippen molar-refractivity contribution in [2.75, 3.05) is 7.05 Å². The molecule has 1 N–H and O–H groups in total. The number of halogens is 1. The summed E-state index contributed by atoms with van der Waals surface area (Å²) in [4.78, 5) is 1.18. The minimum atomic E-state index is -0.163. The first-order chi connectivity index (χ1) is 7.95. The van der Waals surface area contributed by atoms with Crippen molar-refractivity contribution in [2.45, 2.75) is 43.9 Å². The van der Waals surface area contributed by atoms with Crippen molar-refractivity contribution < 1.29 is 4.39 Å². The van der Waals surface area contributed by atoms with E-state index >= 15 is 0 Å². The quantitative estimate of drug-likeness (QED) is 0.790. The first-order valence-electron chi connectivity index (χ1n) is 6.09. The standard InChI is InChI=1S/C14H22FNS/c1-9(2)11(4)17-14-7-6-12(15)8-13(14)10(3)16-5/h6-11,16H,1-5H3. The Morgan fingerprint density at radius 2 is 1.82 bits per heavy atom. The highest BCUT2D eigenvalue weighted by atomic mass is 32.2. The van der Waals surface area contributed by atoms with Gasteiger partial charge in [-0.3, -0.25) is 0 Å². The maximum atomic E-state index is 13.3. The van der Waals surface area contributed by atoms with Crippen LogP contribution < -0.4 is 5.32 Å². The second-order valence-electron chi connectivity index (χ2n) is 4.76. The normalized spacial score (nSPS) is 15.0. The van der Waals surface area contributed by atoms with Gasteiger partial charge in [0.25, 0.3) is 0 Å². The van der Waals surface area contributed by atoms with E-state index in [1.165, 1.54) is 4.90 Å². The molecule has 1 rings (SSSR count). The zero-order valence-electron chi connectivity index (χ0n) is 11.3. The van der Waals surface area contributed by atoms with Gasteiger partial charge in [-0.15, -0.1) is 11.8 Å². The number of hydrogen-bond donors (Lipinski definition) is 1. The van der Waals surface area contributed by atoms with E-state index < -0.39 is 0 Å². The number of rotatable bonds is 5. The van der Waals surface area contributed by atoms with Gasteiger partial charge >= 0.3 is 0 Å². The van der Waals surface area contributed by atoms with E-state index in [9.17, 15) is 4.39 Å². The molecule has 0 spiro atoms. The van der Waals surface area contributed by atoms with E-state index in [-0.39, 0.29) is 11.9 Å². The molecular weight excluding hydrogens is 233 g/mol. The number of hydrogen-bond acceptors (Lipinski definition) is 2. The zero-order chi connectivity index (χ0) is 13.0. The van der Waals surface area contributed by atoms with Crippen molar-refractivity contribution in [2.24, 2.45) is 5.92 Å². The SMILES string of the molecule is CNC(C)c1cc(F)ccc1SC(C)C(C)C. The summed E-state index contributed by atoms with van der Waals surface area (Å²) >= 11 is 1.82. The third kappa shape index (κ3) is 4.00. The van der Waals surface area contributed by atoms with Gasteiger partial charge in [-0.2, -0.15) is 0 Å². The first-order valence-corrected chi connectivity index (χ1v) is 6.97. The molecule has 0 saturated heterocycles. The molecule has 0 aromatic heterocycles. The first kappa shape index (κ1) is 14.5. The largest absolute Gasteiger partial charge is 0.313 e. The third-order valence-electron chi connectivity index (χ3n) is 3.12. The molecule has 1 aromatic rings. The van der Waals surface area contributed by atoms with Crippen LogP contribution >= 0.6 is 11.8 Å². The van der Waals surface area contributed by atoms with Crippen LogP contribution in [0.2, 0.25) is 0 Å². The summed E-state index contributed by atoms with van der Waals surface area (Å²) in [5.74, 6) is 0.450. The third-order valence-corrected chi connectivity index (χ3v) is 4.66. The van der Waals surface area contributed by atoms with Gasteiger partial charge in [-0.1, -0.05) is 20.8 Å². The second-order valence-corrected chi connectivity index (χ2v) is 6.18. The molecule has 3 heteroatoms. The Kier molecular flexibility index (Phi) is 5.47. The van der Waals surface area contributed by atoms with Crippen LogP contribution in [0.4, 0.5) is 4.39 Å². The zero-order valence-corrected chi connectivity index (χ0v) is 12.1. The molecule has 0 saturated carbocycles. The van der Waals surface area contributed by atoms with Gasteiger partial charge in [0.1, 0.15) is 5.82 Å². The summed E-state index contributed by atoms with van der Waals surface area (Å²) in [6.45, 7) is 8.69. The van der Waals surface area contributed by atoms with Crippen LogP contribution in [0, 0.1) is 11.7 Å². The van der Waals surface area contributed by atoms with Gasteiger partial charge in [0.15, 0.2) is 0 Å². The van der Waals surface area contributed by atoms with Crippen LogP contribution in [0.1, 0.15) is 39.3 Å². The minimum Gasteiger partial charge on any atom is -0.313 e. The van der Waals surface area contributed by atoms with Crippen LogP contribution in [0.5, 0.6) is 0 Å². The van der Waals surface area contributed by atoms with Gasteiger partial charge in [-0.25, -0.2) is 4.39 Å². The average molecular weight is 255 g/mol. The summed E-state index contributed by atoms with van der Waals surface area (Å²) < 4.78 is 13.3. The lowest BCUT2D eigenvalue weighted by molar-refractivity contribution is 0.600. The van der Waals surface area contributed by atoms with Crippen molar-refractivity contribution in [3.63, 3.8) is 0 Å². The molecule has 0 radical (unpaired) electrons. The van der Waals surface area contributed by atoms with E-state index in [1.807, 2.05) is 24.9 Å². The molecule has 1 nitrogen and oxygen atoms in total. The lowest BCUT2D eigenvalue weighted by Crippen LogP contribution is -2.14. The van der Waals surface area contributed by atoms with Crippen LogP contribution in [-0.4, -0.2) is 12.3 Å². The minimum absolute atomic E-state index is 0.163. The Balaban J connectivity index is 2.98. The van der Waals surface area contributed by atoms with E-state index in [4.69, 9.17) is 0 Å². The van der Waals surface area contributed by atoms with Crippen molar-refractivity contribution in [3.8, 4) is 0 Å². The molecule has 2 unspecified atom stereocenters. The van der Waals surface area contributed by atoms with Crippen molar-refractivity contribution >= 4 is 11.8 Å². The molecule has 2 atom stereocenters. The highest BCUT2D eigenvalue weighted by Gasteiger charge is 2.15. The van der Waals surface area contributed by atoms with Gasteiger partial charge < -0.3 is 5.32 Å². The van der Waals surface area contributed by atoms with Gasteiger partial charge in [0.2, 0.25) is 0 Å². The van der Waals surface area contributed by atoms with Gasteiger partial charge in [0.05, 0.1) is 0 Å². The molecular formula is C14H22FNS. The smallest absolute Gasteiger partial charge is 0.123 e. The summed E-state index contributed by atoms with van der Waals surface area (Å²) in [6, 6.07) is 5.24. The molecule has 0 amide bonds. The van der Waals surface area contributed by atoms with Gasteiger partial charge in [0, 0.05) is 16.2 Å². The Bertz CT molecular complexity index is 365. The number of nitrogens with one attached hydrogen (secondary N) is 1. The topological polar surface area (TPSA) is 12.0 Å². The molecule has 17 heavy (non-hydrogen) atoms. The average Bonchev–Trinajstić information content (AvgIpc) is 2.30. The van der Waals surface area contributed by atoms with Crippen LogP contribution in [0.3, 0.4) is 0 Å². The molecule has 0 aliphatic heterocycles. The summed E-state index contributed by atoms with van der Waals surface area (Å²) in [6.07, 6.45) is 0. The number of thioether (sulfide) groups is 1. The van der Waals surface area contributed by atoms with E-state index in [1.54, 1.807) is 12.1 Å². The summed E-state index contributed by atoms with van der Waals surface area (Å²) in [7, 11) is 1.90. The monoisotopic (exact) mass is 255 g/mol. The Hall–Kier alpha value is -0.540. The van der Waals surface area contributed by atoms with Crippen LogP contribution in [0.25, 0.3) is 0 Å². The van der Waals surface area contributed by atoms with E-state index in [0.29, 0.717) is 11.2 Å². The Labute approximate surface area is 108 Å². The van der Waals surface area contributed by atoms with Gasteiger partial charge in [-0.05, 0) is 43.7 Å². The molecule has 1 aromatic carbocycles. The molecule has 0 heterocycles. The fourth-order valence-electron chi connectivity index (χ4n) is 1.46. The van der Waals surface area contributed by atoms with Crippen LogP contribution in [-0.2, 0) is 0 Å². The maximum absolute atomic E-state index is 13.3. The molecule has 0 fully saturated rings. The van der Waals surface area contributed by atoms with Crippen LogP contribution in [0.15, 0.2) is 23.1 Å². The molecule has 0 aliphatic carbocycles. The summed E-state index contributed by atoms with van der Waals surface area (Å²) in [5, 5.41) is 3.70. The van der Waals surface area contributed by atoms with E-state index in [0.717, 1.165) is 5.56 Å². The number of benzene rings is 1. The van der Waals surface area contributed by atoms with E-state index in [2.05, 4.69) is 33.0 Å². The van der Waals surface area contributed by atoms with Crippen molar-refractivity contribution in [1.82, 2.24) is 5.32 Å². The fraction of sp³-hybridized carbons (Fsp3) is 0.571. The second kappa shape index (κ2) is 6.41. The lowest BCUT2D eigenvalue weighted by Gasteiger charge is -2.20. The summed E-state index contributed by atoms with van der Waals surface area (Å²) in [5.41, 5.74) is 1.05. The maximum Gasteiger partial charge on any atom is 0.123 e. The highest BCUT2D eigenvalue weighted by Crippen LogP contribution is 2.33. The van der Waals surface area contributed by atoms with Crippen molar-refractivity contribution in [3.05, 3.63) is 29.6 Å². The van der Waals surface area contributed by atoms with Crippen molar-refractivity contribution in [1.29, 1.82) is 0 Å². The Morgan fingerprint density at radius 1 is 1.18 bits per heavy atom.